The van der Waals surface area contributed by atoms with Crippen molar-refractivity contribution in [3.05, 3.63) is 29.8 Å². The van der Waals surface area contributed by atoms with Gasteiger partial charge in [-0.15, -0.1) is 0 Å². The van der Waals surface area contributed by atoms with E-state index in [2.05, 4.69) is 6.92 Å². The average Bonchev–Trinajstić information content (AvgIpc) is 2.69. The number of hydrogen-bond donors (Lipinski definition) is 1. The molecule has 2 aliphatic carbocycles. The Balaban J connectivity index is 1.63. The number of Topliss-reactive ketones (excluding diaryl/α,β-unsaturated/α-hetero) is 1. The molecule has 2 aliphatic rings. The second-order valence-electron chi connectivity index (χ2n) is 10.2. The Kier molecular flexibility index (Phi) is 6.95. The smallest absolute Gasteiger partial charge is 0.301 e. The van der Waals surface area contributed by atoms with Crippen LogP contribution in [0.2, 0.25) is 0 Å². The van der Waals surface area contributed by atoms with Crippen molar-refractivity contribution in [2.75, 3.05) is 0 Å². The molecule has 0 amide bonds. The average molecular weight is 472 g/mol. The van der Waals surface area contributed by atoms with Crippen LogP contribution >= 0.6 is 0 Å². The highest BCUT2D eigenvalue weighted by atomic mass is 32.2. The number of nitrogens with one attached hydrogen (secondary N) is 1. The van der Waals surface area contributed by atoms with Gasteiger partial charge in [-0.25, -0.2) is 8.42 Å². The van der Waals surface area contributed by atoms with Gasteiger partial charge in [-0.3, -0.25) is 4.79 Å². The normalized spacial score (nSPS) is 26.9. The van der Waals surface area contributed by atoms with Crippen LogP contribution in [-0.4, -0.2) is 24.7 Å². The number of carbonyl (C=O) groups excluding carboxylic acids is 1. The van der Waals surface area contributed by atoms with Gasteiger partial charge in [-0.1, -0.05) is 32.3 Å². The molecule has 0 unspecified atom stereocenters. The third-order valence-electron chi connectivity index (χ3n) is 7.34. The molecule has 4 nitrogen and oxygen atoms in total. The molecule has 2 fully saturated rings. The highest BCUT2D eigenvalue weighted by Crippen LogP contribution is 2.44. The Morgan fingerprint density at radius 1 is 1.12 bits per heavy atom. The predicted molar refractivity (Wildman–Crippen MR) is 117 cm³/mol. The molecule has 0 heterocycles. The Hall–Kier alpha value is -1.70. The van der Waals surface area contributed by atoms with Crippen LogP contribution < -0.4 is 0 Å². The topological polar surface area (TPSA) is 75.1 Å². The molecule has 1 aromatic rings. The van der Waals surface area contributed by atoms with E-state index < -0.39 is 26.3 Å². The lowest BCUT2D eigenvalue weighted by Gasteiger charge is -2.40. The number of rotatable bonds is 7. The van der Waals surface area contributed by atoms with Crippen LogP contribution in [0.3, 0.4) is 0 Å². The van der Waals surface area contributed by atoms with Gasteiger partial charge in [0.1, 0.15) is 0 Å². The summed E-state index contributed by atoms with van der Waals surface area (Å²) in [6, 6.07) is 3.87. The van der Waals surface area contributed by atoms with Crippen molar-refractivity contribution in [1.29, 1.82) is 5.41 Å². The monoisotopic (exact) mass is 471 g/mol. The molecule has 32 heavy (non-hydrogen) atoms. The van der Waals surface area contributed by atoms with Crippen molar-refractivity contribution in [3.63, 3.8) is 0 Å². The van der Waals surface area contributed by atoms with Crippen LogP contribution in [0.25, 0.3) is 0 Å². The van der Waals surface area contributed by atoms with Crippen molar-refractivity contribution >= 4 is 21.3 Å². The van der Waals surface area contributed by atoms with Crippen LogP contribution in [-0.2, 0) is 20.8 Å². The van der Waals surface area contributed by atoms with E-state index in [9.17, 15) is 26.4 Å². The number of benzene rings is 1. The highest BCUT2D eigenvalue weighted by Gasteiger charge is 2.44. The molecule has 0 aromatic heterocycles. The second-order valence-corrected chi connectivity index (χ2v) is 12.8. The molecule has 1 N–H and O–H groups in total. The molecule has 8 heteroatoms. The molecule has 0 spiro atoms. The molecular formula is C24H32F3NO3S. The van der Waals surface area contributed by atoms with Gasteiger partial charge < -0.3 is 5.41 Å². The number of hydrogen-bond acceptors (Lipinski definition) is 4. The molecule has 0 radical (unpaired) electrons. The second kappa shape index (κ2) is 8.92. The highest BCUT2D eigenvalue weighted by molar-refractivity contribution is 7.92. The van der Waals surface area contributed by atoms with Gasteiger partial charge in [0.15, 0.2) is 15.6 Å². The summed E-state index contributed by atoms with van der Waals surface area (Å²) in [4.78, 5) is 12.4. The Morgan fingerprint density at radius 3 is 2.34 bits per heavy atom. The van der Waals surface area contributed by atoms with Gasteiger partial charge in [-0.05, 0) is 69.6 Å². The summed E-state index contributed by atoms with van der Waals surface area (Å²) in [5, 5.41) is 8.36. The lowest BCUT2D eigenvalue weighted by molar-refractivity contribution is -0.137. The predicted octanol–water partition coefficient (Wildman–Crippen LogP) is 6.09. The van der Waals surface area contributed by atoms with E-state index in [1.165, 1.54) is 19.9 Å². The van der Waals surface area contributed by atoms with Crippen LogP contribution in [0, 0.1) is 29.1 Å². The third-order valence-corrected chi connectivity index (χ3v) is 9.83. The van der Waals surface area contributed by atoms with E-state index in [0.717, 1.165) is 37.8 Å². The quantitative estimate of drug-likeness (QED) is 0.489. The Bertz CT molecular complexity index is 978. The van der Waals surface area contributed by atoms with Crippen molar-refractivity contribution in [2.45, 2.75) is 81.5 Å². The fourth-order valence-corrected chi connectivity index (χ4v) is 6.84. The molecule has 0 aliphatic heterocycles. The first-order chi connectivity index (χ1) is 14.7. The van der Waals surface area contributed by atoms with Gasteiger partial charge in [-0.2, -0.15) is 13.2 Å². The molecule has 3 rings (SSSR count). The lowest BCUT2D eigenvalue weighted by atomic mass is 9.66. The van der Waals surface area contributed by atoms with Crippen LogP contribution in [0.1, 0.15) is 71.3 Å². The minimum Gasteiger partial charge on any atom is -0.301 e. The molecule has 2 saturated carbocycles. The number of halogens is 3. The first-order valence-corrected chi connectivity index (χ1v) is 12.8. The zero-order chi connectivity index (χ0) is 23.9. The maximum absolute atomic E-state index is 13.1. The molecule has 178 valence electrons. The number of sulfone groups is 1. The van der Waals surface area contributed by atoms with E-state index in [1.807, 2.05) is 0 Å². The van der Waals surface area contributed by atoms with Crippen molar-refractivity contribution < 1.29 is 26.4 Å². The first-order valence-electron chi connectivity index (χ1n) is 11.3. The van der Waals surface area contributed by atoms with Gasteiger partial charge >= 0.3 is 6.18 Å². The summed E-state index contributed by atoms with van der Waals surface area (Å²) in [6.45, 7) is 5.14. The van der Waals surface area contributed by atoms with Crippen molar-refractivity contribution in [3.8, 4) is 0 Å². The molecular weight excluding hydrogens is 439 g/mol. The fourth-order valence-electron chi connectivity index (χ4n) is 5.21. The van der Waals surface area contributed by atoms with Gasteiger partial charge in [0.25, 0.3) is 0 Å². The molecule has 1 aromatic carbocycles. The minimum atomic E-state index is -4.61. The van der Waals surface area contributed by atoms with Gasteiger partial charge in [0.2, 0.25) is 0 Å². The minimum absolute atomic E-state index is 0.0208. The summed E-state index contributed by atoms with van der Waals surface area (Å²) in [6.07, 6.45) is 0.810. The van der Waals surface area contributed by atoms with Crippen molar-refractivity contribution in [2.24, 2.45) is 23.7 Å². The summed E-state index contributed by atoms with van der Waals surface area (Å²) in [5.74, 6) is 0.0368. The maximum atomic E-state index is 13.1. The third kappa shape index (κ3) is 4.95. The van der Waals surface area contributed by atoms with E-state index >= 15 is 0 Å². The first kappa shape index (κ1) is 24.9. The maximum Gasteiger partial charge on any atom is 0.416 e. The zero-order valence-corrected chi connectivity index (χ0v) is 19.7. The number of carbonyl (C=O) groups is 1. The number of ketones is 1. The fraction of sp³-hybridized carbons (Fsp3) is 0.667. The van der Waals surface area contributed by atoms with E-state index in [0.29, 0.717) is 24.8 Å². The standard InChI is InChI=1S/C24H32F3NO3S/c1-15-7-4-5-10-20(15)22(29)21(28)17-11-16(12-17)14-23(2,3)32(30,31)19-9-6-8-18(13-19)24(25,26)27/h6,8-9,13,15-17,20,28H,4-5,7,10-12,14H2,1-3H3/t15-,16?,17?,20+/m0/s1. The van der Waals surface area contributed by atoms with Crippen LogP contribution in [0.4, 0.5) is 13.2 Å². The summed E-state index contributed by atoms with van der Waals surface area (Å²) < 4.78 is 64.0. The SMILES string of the molecule is C[C@H]1CCCC[C@H]1C(=O)C(=N)C1CC(CC(C)(C)S(=O)(=O)c2cccc(C(F)(F)F)c2)C1. The lowest BCUT2D eigenvalue weighted by Crippen LogP contribution is -2.43. The molecule has 0 bridgehead atoms. The van der Waals surface area contributed by atoms with Crippen molar-refractivity contribution in [1.82, 2.24) is 0 Å². The van der Waals surface area contributed by atoms with Crippen LogP contribution in [0.5, 0.6) is 0 Å². The summed E-state index contributed by atoms with van der Waals surface area (Å²) >= 11 is 0. The Morgan fingerprint density at radius 2 is 1.75 bits per heavy atom. The zero-order valence-electron chi connectivity index (χ0n) is 18.8. The van der Waals surface area contributed by atoms with Gasteiger partial charge in [0.05, 0.1) is 20.9 Å². The van der Waals surface area contributed by atoms with Crippen LogP contribution in [0.15, 0.2) is 29.2 Å². The van der Waals surface area contributed by atoms with E-state index in [1.54, 1.807) is 0 Å². The van der Waals surface area contributed by atoms with Gasteiger partial charge in [0, 0.05) is 11.8 Å². The Labute approximate surface area is 188 Å². The molecule has 0 saturated heterocycles. The number of alkyl halides is 3. The molecule has 2 atom stereocenters. The summed E-state index contributed by atoms with van der Waals surface area (Å²) in [5.41, 5.74) is -0.819. The summed E-state index contributed by atoms with van der Waals surface area (Å²) in [7, 11) is -3.99. The van der Waals surface area contributed by atoms with E-state index in [4.69, 9.17) is 5.41 Å². The largest absolute Gasteiger partial charge is 0.416 e. The van der Waals surface area contributed by atoms with E-state index in [-0.39, 0.29) is 40.6 Å².